The lowest BCUT2D eigenvalue weighted by Gasteiger charge is -2.16. The molecule has 6 heteroatoms. The van der Waals surface area contributed by atoms with Crippen LogP contribution in [0.1, 0.15) is 19.8 Å². The third kappa shape index (κ3) is 4.03. The van der Waals surface area contributed by atoms with Gasteiger partial charge in [-0.3, -0.25) is 4.68 Å². The molecule has 18 heavy (non-hydrogen) atoms. The van der Waals surface area contributed by atoms with E-state index in [1.165, 1.54) is 0 Å². The summed E-state index contributed by atoms with van der Waals surface area (Å²) in [7, 11) is 0. The summed E-state index contributed by atoms with van der Waals surface area (Å²) in [5.74, 6) is 0. The van der Waals surface area contributed by atoms with Crippen LogP contribution in [0, 0.1) is 0 Å². The Bertz CT molecular complexity index is 360. The predicted molar refractivity (Wildman–Crippen MR) is 67.2 cm³/mol. The highest BCUT2D eigenvalue weighted by atomic mass is 16.5. The average Bonchev–Trinajstić information content (AvgIpc) is 2.98. The molecule has 2 atom stereocenters. The fourth-order valence-corrected chi connectivity index (χ4v) is 2.02. The molecule has 1 aromatic heterocycles. The standard InChI is InChI=1S/C12H20N4O2/c1-10(9-16-6-3-5-14-16)15-12(17)13-8-11-4-2-7-18-11/h3,5-6,10-11H,2,4,7-9H2,1H3,(H2,13,15,17)/t10-,11+/m1/s1. The Morgan fingerprint density at radius 1 is 1.67 bits per heavy atom. The van der Waals surface area contributed by atoms with Crippen LogP contribution in [0.3, 0.4) is 0 Å². The van der Waals surface area contributed by atoms with Crippen LogP contribution in [-0.4, -0.2) is 41.1 Å². The second kappa shape index (κ2) is 6.39. The molecule has 1 aliphatic rings. The summed E-state index contributed by atoms with van der Waals surface area (Å²) in [4.78, 5) is 11.6. The van der Waals surface area contributed by atoms with Crippen molar-refractivity contribution in [3.63, 3.8) is 0 Å². The smallest absolute Gasteiger partial charge is 0.315 e. The van der Waals surface area contributed by atoms with Crippen molar-refractivity contribution in [3.8, 4) is 0 Å². The van der Waals surface area contributed by atoms with E-state index in [0.29, 0.717) is 13.1 Å². The minimum Gasteiger partial charge on any atom is -0.376 e. The number of nitrogens with one attached hydrogen (secondary N) is 2. The maximum atomic E-state index is 11.6. The Labute approximate surface area is 107 Å². The SMILES string of the molecule is C[C@H](Cn1cccn1)NC(=O)NC[C@@H]1CCCO1. The molecule has 0 aliphatic carbocycles. The predicted octanol–water partition coefficient (Wildman–Crippen LogP) is 0.750. The molecule has 1 aliphatic heterocycles. The highest BCUT2D eigenvalue weighted by Crippen LogP contribution is 2.10. The van der Waals surface area contributed by atoms with Gasteiger partial charge in [0.15, 0.2) is 0 Å². The lowest BCUT2D eigenvalue weighted by molar-refractivity contribution is 0.111. The van der Waals surface area contributed by atoms with E-state index in [0.717, 1.165) is 19.4 Å². The van der Waals surface area contributed by atoms with E-state index in [4.69, 9.17) is 4.74 Å². The van der Waals surface area contributed by atoms with Gasteiger partial charge in [-0.15, -0.1) is 0 Å². The summed E-state index contributed by atoms with van der Waals surface area (Å²) in [6.07, 6.45) is 5.90. The van der Waals surface area contributed by atoms with E-state index in [1.54, 1.807) is 10.9 Å². The fourth-order valence-electron chi connectivity index (χ4n) is 2.02. The molecule has 2 N–H and O–H groups in total. The zero-order valence-corrected chi connectivity index (χ0v) is 10.6. The van der Waals surface area contributed by atoms with Crippen LogP contribution in [0.4, 0.5) is 4.79 Å². The molecule has 100 valence electrons. The van der Waals surface area contributed by atoms with Gasteiger partial charge >= 0.3 is 6.03 Å². The van der Waals surface area contributed by atoms with Crippen LogP contribution in [0.15, 0.2) is 18.5 Å². The van der Waals surface area contributed by atoms with E-state index in [-0.39, 0.29) is 18.2 Å². The number of hydrogen-bond acceptors (Lipinski definition) is 3. The topological polar surface area (TPSA) is 68.2 Å². The molecular formula is C12H20N4O2. The van der Waals surface area contributed by atoms with Gasteiger partial charge in [-0.05, 0) is 25.8 Å². The molecule has 0 aromatic carbocycles. The summed E-state index contributed by atoms with van der Waals surface area (Å²) in [5, 5.41) is 9.80. The first-order valence-corrected chi connectivity index (χ1v) is 6.37. The van der Waals surface area contributed by atoms with Crippen LogP contribution in [0.2, 0.25) is 0 Å². The lowest BCUT2D eigenvalue weighted by atomic mass is 10.2. The first kappa shape index (κ1) is 12.9. The minimum atomic E-state index is -0.148. The second-order valence-corrected chi connectivity index (χ2v) is 4.62. The number of rotatable bonds is 5. The zero-order valence-electron chi connectivity index (χ0n) is 10.6. The van der Waals surface area contributed by atoms with Crippen molar-refractivity contribution in [2.45, 2.75) is 38.5 Å². The molecule has 1 saturated heterocycles. The summed E-state index contributed by atoms with van der Waals surface area (Å²) in [6.45, 7) is 4.01. The van der Waals surface area contributed by atoms with E-state index in [1.807, 2.05) is 19.2 Å². The highest BCUT2D eigenvalue weighted by molar-refractivity contribution is 5.74. The zero-order chi connectivity index (χ0) is 12.8. The normalized spacial score (nSPS) is 20.6. The first-order valence-electron chi connectivity index (χ1n) is 6.37. The Kier molecular flexibility index (Phi) is 4.58. The van der Waals surface area contributed by atoms with Crippen LogP contribution in [-0.2, 0) is 11.3 Å². The third-order valence-electron chi connectivity index (χ3n) is 2.91. The van der Waals surface area contributed by atoms with E-state index in [9.17, 15) is 4.79 Å². The van der Waals surface area contributed by atoms with Crippen LogP contribution < -0.4 is 10.6 Å². The first-order chi connectivity index (χ1) is 8.74. The highest BCUT2D eigenvalue weighted by Gasteiger charge is 2.16. The maximum Gasteiger partial charge on any atom is 0.315 e. The molecule has 6 nitrogen and oxygen atoms in total. The van der Waals surface area contributed by atoms with Crippen molar-refractivity contribution in [2.75, 3.05) is 13.2 Å². The molecule has 2 heterocycles. The summed E-state index contributed by atoms with van der Waals surface area (Å²) < 4.78 is 7.23. The molecule has 1 aromatic rings. The van der Waals surface area contributed by atoms with Gasteiger partial charge in [0.25, 0.3) is 0 Å². The van der Waals surface area contributed by atoms with E-state index < -0.39 is 0 Å². The summed E-state index contributed by atoms with van der Waals surface area (Å²) in [5.41, 5.74) is 0. The minimum absolute atomic E-state index is 0.0365. The number of amides is 2. The van der Waals surface area contributed by atoms with E-state index >= 15 is 0 Å². The Hall–Kier alpha value is -1.56. The maximum absolute atomic E-state index is 11.6. The number of urea groups is 1. The monoisotopic (exact) mass is 252 g/mol. The molecule has 2 amide bonds. The molecule has 0 spiro atoms. The van der Waals surface area contributed by atoms with E-state index in [2.05, 4.69) is 15.7 Å². The molecule has 1 fully saturated rings. The second-order valence-electron chi connectivity index (χ2n) is 4.62. The van der Waals surface area contributed by atoms with Gasteiger partial charge in [-0.2, -0.15) is 5.10 Å². The van der Waals surface area contributed by atoms with Crippen molar-refractivity contribution in [1.82, 2.24) is 20.4 Å². The van der Waals surface area contributed by atoms with Gasteiger partial charge in [-0.25, -0.2) is 4.79 Å². The molecular weight excluding hydrogens is 232 g/mol. The number of hydrogen-bond donors (Lipinski definition) is 2. The summed E-state index contributed by atoms with van der Waals surface area (Å²) in [6, 6.07) is 1.75. The lowest BCUT2D eigenvalue weighted by Crippen LogP contribution is -2.44. The number of carbonyl (C=O) groups is 1. The van der Waals surface area contributed by atoms with Crippen LogP contribution >= 0.6 is 0 Å². The number of carbonyl (C=O) groups excluding carboxylic acids is 1. The average molecular weight is 252 g/mol. The number of nitrogens with zero attached hydrogens (tertiary/aromatic N) is 2. The van der Waals surface area contributed by atoms with Crippen molar-refractivity contribution < 1.29 is 9.53 Å². The Morgan fingerprint density at radius 3 is 3.22 bits per heavy atom. The van der Waals surface area contributed by atoms with Gasteiger partial charge in [0.2, 0.25) is 0 Å². The molecule has 0 unspecified atom stereocenters. The van der Waals surface area contributed by atoms with Crippen molar-refractivity contribution >= 4 is 6.03 Å². The van der Waals surface area contributed by atoms with Gasteiger partial charge < -0.3 is 15.4 Å². The largest absolute Gasteiger partial charge is 0.376 e. The number of aromatic nitrogens is 2. The van der Waals surface area contributed by atoms with Gasteiger partial charge in [0.1, 0.15) is 0 Å². The molecule has 2 rings (SSSR count). The summed E-state index contributed by atoms with van der Waals surface area (Å²) >= 11 is 0. The van der Waals surface area contributed by atoms with Crippen LogP contribution in [0.5, 0.6) is 0 Å². The molecule has 0 radical (unpaired) electrons. The van der Waals surface area contributed by atoms with Crippen molar-refractivity contribution in [2.24, 2.45) is 0 Å². The van der Waals surface area contributed by atoms with Gasteiger partial charge in [-0.1, -0.05) is 0 Å². The van der Waals surface area contributed by atoms with Gasteiger partial charge in [0.05, 0.1) is 12.6 Å². The third-order valence-corrected chi connectivity index (χ3v) is 2.91. The molecule has 0 bridgehead atoms. The Morgan fingerprint density at radius 2 is 2.56 bits per heavy atom. The number of ether oxygens (including phenoxy) is 1. The van der Waals surface area contributed by atoms with Crippen molar-refractivity contribution in [3.05, 3.63) is 18.5 Å². The fraction of sp³-hybridized carbons (Fsp3) is 0.667. The van der Waals surface area contributed by atoms with Crippen molar-refractivity contribution in [1.29, 1.82) is 0 Å². The van der Waals surface area contributed by atoms with Gasteiger partial charge in [0, 0.05) is 31.6 Å². The van der Waals surface area contributed by atoms with Crippen LogP contribution in [0.25, 0.3) is 0 Å². The quantitative estimate of drug-likeness (QED) is 0.812. The molecule has 0 saturated carbocycles. The Balaban J connectivity index is 1.63.